The van der Waals surface area contributed by atoms with Gasteiger partial charge < -0.3 is 10.1 Å². The summed E-state index contributed by atoms with van der Waals surface area (Å²) in [6, 6.07) is 15.3. The van der Waals surface area contributed by atoms with Crippen LogP contribution in [0.1, 0.15) is 5.56 Å². The lowest BCUT2D eigenvalue weighted by Crippen LogP contribution is -2.08. The van der Waals surface area contributed by atoms with Crippen molar-refractivity contribution in [3.63, 3.8) is 0 Å². The lowest BCUT2D eigenvalue weighted by Gasteiger charge is -2.07. The van der Waals surface area contributed by atoms with Crippen molar-refractivity contribution in [2.45, 2.75) is 4.90 Å². The molecule has 2 rings (SSSR count). The Balaban J connectivity index is 2.02. The van der Waals surface area contributed by atoms with E-state index in [2.05, 4.69) is 5.32 Å². The normalized spacial score (nSPS) is 10.6. The second kappa shape index (κ2) is 7.55. The molecule has 0 aliphatic rings. The third kappa shape index (κ3) is 4.39. The van der Waals surface area contributed by atoms with Crippen LogP contribution >= 0.6 is 11.8 Å². The molecule has 2 aromatic rings. The van der Waals surface area contributed by atoms with Crippen molar-refractivity contribution in [2.24, 2.45) is 0 Å². The van der Waals surface area contributed by atoms with Gasteiger partial charge in [-0.25, -0.2) is 0 Å². The Morgan fingerprint density at radius 2 is 1.86 bits per heavy atom. The zero-order valence-corrected chi connectivity index (χ0v) is 12.8. The molecule has 0 aromatic heterocycles. The molecular formula is C17H17NO2S. The van der Waals surface area contributed by atoms with Crippen LogP contribution in [0.15, 0.2) is 59.5 Å². The molecule has 0 fully saturated rings. The number of carbonyl (C=O) groups excluding carboxylic acids is 1. The average molecular weight is 299 g/mol. The summed E-state index contributed by atoms with van der Waals surface area (Å²) in [5.74, 6) is 0.456. The van der Waals surface area contributed by atoms with Crippen molar-refractivity contribution >= 4 is 29.4 Å². The van der Waals surface area contributed by atoms with E-state index >= 15 is 0 Å². The monoisotopic (exact) mass is 299 g/mol. The van der Waals surface area contributed by atoms with Crippen molar-refractivity contribution in [3.05, 3.63) is 60.2 Å². The summed E-state index contributed by atoms with van der Waals surface area (Å²) in [6.45, 7) is 0. The minimum absolute atomic E-state index is 0.187. The molecule has 4 heteroatoms. The van der Waals surface area contributed by atoms with Crippen LogP contribution in [0.4, 0.5) is 5.69 Å². The van der Waals surface area contributed by atoms with Crippen LogP contribution < -0.4 is 10.1 Å². The van der Waals surface area contributed by atoms with Gasteiger partial charge in [0.2, 0.25) is 5.91 Å². The predicted molar refractivity (Wildman–Crippen MR) is 88.9 cm³/mol. The summed E-state index contributed by atoms with van der Waals surface area (Å²) < 4.78 is 5.19. The van der Waals surface area contributed by atoms with Gasteiger partial charge in [-0.2, -0.15) is 0 Å². The minimum atomic E-state index is -0.187. The molecule has 0 aliphatic carbocycles. The van der Waals surface area contributed by atoms with Crippen LogP contribution in [-0.2, 0) is 4.79 Å². The van der Waals surface area contributed by atoms with E-state index < -0.39 is 0 Å². The Labute approximate surface area is 129 Å². The molecule has 0 heterocycles. The zero-order valence-electron chi connectivity index (χ0n) is 12.0. The fourth-order valence-electron chi connectivity index (χ4n) is 1.81. The highest BCUT2D eigenvalue weighted by atomic mass is 32.2. The molecule has 0 atom stereocenters. The van der Waals surface area contributed by atoms with Gasteiger partial charge in [-0.1, -0.05) is 24.3 Å². The van der Waals surface area contributed by atoms with E-state index in [1.165, 1.54) is 11.0 Å². The van der Waals surface area contributed by atoms with E-state index in [4.69, 9.17) is 4.74 Å². The summed E-state index contributed by atoms with van der Waals surface area (Å²) in [5.41, 5.74) is 1.65. The number of hydrogen-bond donors (Lipinski definition) is 1. The van der Waals surface area contributed by atoms with Crippen molar-refractivity contribution in [1.29, 1.82) is 0 Å². The maximum absolute atomic E-state index is 11.9. The third-order valence-corrected chi connectivity index (χ3v) is 3.65. The maximum Gasteiger partial charge on any atom is 0.248 e. The molecule has 0 spiro atoms. The molecule has 0 aliphatic heterocycles. The number of benzene rings is 2. The highest BCUT2D eigenvalue weighted by molar-refractivity contribution is 7.98. The van der Waals surface area contributed by atoms with E-state index in [0.717, 1.165) is 5.56 Å². The summed E-state index contributed by atoms with van der Waals surface area (Å²) in [6.07, 6.45) is 5.33. The number of carbonyl (C=O) groups is 1. The number of methoxy groups -OCH3 is 1. The topological polar surface area (TPSA) is 38.3 Å². The van der Waals surface area contributed by atoms with Gasteiger partial charge in [0, 0.05) is 11.0 Å². The Morgan fingerprint density at radius 1 is 1.14 bits per heavy atom. The quantitative estimate of drug-likeness (QED) is 0.668. The number of nitrogens with one attached hydrogen (secondary N) is 1. The first kappa shape index (κ1) is 15.2. The van der Waals surface area contributed by atoms with Gasteiger partial charge in [-0.15, -0.1) is 11.8 Å². The van der Waals surface area contributed by atoms with Crippen LogP contribution in [0.25, 0.3) is 6.08 Å². The van der Waals surface area contributed by atoms with Gasteiger partial charge in [-0.05, 0) is 42.2 Å². The molecule has 1 N–H and O–H groups in total. The second-order valence-electron chi connectivity index (χ2n) is 4.30. The minimum Gasteiger partial charge on any atom is -0.495 e. The predicted octanol–water partition coefficient (Wildman–Crippen LogP) is 4.07. The van der Waals surface area contributed by atoms with E-state index in [9.17, 15) is 4.79 Å². The highest BCUT2D eigenvalue weighted by Crippen LogP contribution is 2.23. The van der Waals surface area contributed by atoms with Crippen LogP contribution in [0.3, 0.4) is 0 Å². The van der Waals surface area contributed by atoms with Crippen molar-refractivity contribution in [1.82, 2.24) is 0 Å². The number of hydrogen-bond acceptors (Lipinski definition) is 3. The maximum atomic E-state index is 11.9. The summed E-state index contributed by atoms with van der Waals surface area (Å²) in [7, 11) is 1.58. The first-order valence-electron chi connectivity index (χ1n) is 6.49. The van der Waals surface area contributed by atoms with E-state index in [1.54, 1.807) is 37.1 Å². The zero-order chi connectivity index (χ0) is 15.1. The van der Waals surface area contributed by atoms with Crippen LogP contribution in [0.2, 0.25) is 0 Å². The first-order valence-corrected chi connectivity index (χ1v) is 7.71. The third-order valence-electron chi connectivity index (χ3n) is 2.91. The first-order chi connectivity index (χ1) is 10.2. The van der Waals surface area contributed by atoms with Gasteiger partial charge in [0.25, 0.3) is 0 Å². The summed E-state index contributed by atoms with van der Waals surface area (Å²) in [4.78, 5) is 13.1. The molecule has 0 unspecified atom stereocenters. The summed E-state index contributed by atoms with van der Waals surface area (Å²) in [5, 5.41) is 2.80. The van der Waals surface area contributed by atoms with Gasteiger partial charge in [0.05, 0.1) is 12.8 Å². The number of ether oxygens (including phenoxy) is 1. The molecule has 1 amide bonds. The number of thioether (sulfide) groups is 1. The van der Waals surface area contributed by atoms with Crippen molar-refractivity contribution < 1.29 is 9.53 Å². The van der Waals surface area contributed by atoms with Gasteiger partial charge in [0.1, 0.15) is 5.75 Å². The van der Waals surface area contributed by atoms with Crippen LogP contribution in [0.5, 0.6) is 5.75 Å². The molecule has 0 bridgehead atoms. The second-order valence-corrected chi connectivity index (χ2v) is 5.18. The van der Waals surface area contributed by atoms with Crippen molar-refractivity contribution in [3.8, 4) is 5.75 Å². The van der Waals surface area contributed by atoms with E-state index in [1.807, 2.05) is 42.7 Å². The van der Waals surface area contributed by atoms with Crippen LogP contribution in [0, 0.1) is 0 Å². The smallest absolute Gasteiger partial charge is 0.248 e. The fourth-order valence-corrected chi connectivity index (χ4v) is 2.22. The van der Waals surface area contributed by atoms with E-state index in [0.29, 0.717) is 11.4 Å². The Kier molecular flexibility index (Phi) is 5.46. The van der Waals surface area contributed by atoms with E-state index in [-0.39, 0.29) is 5.91 Å². The lowest BCUT2D eigenvalue weighted by molar-refractivity contribution is -0.111. The molecule has 21 heavy (non-hydrogen) atoms. The Morgan fingerprint density at radius 3 is 2.52 bits per heavy atom. The largest absolute Gasteiger partial charge is 0.495 e. The number of anilines is 1. The number of rotatable bonds is 5. The molecule has 0 saturated carbocycles. The van der Waals surface area contributed by atoms with Crippen LogP contribution in [-0.4, -0.2) is 19.3 Å². The molecule has 0 radical (unpaired) electrons. The molecule has 0 saturated heterocycles. The molecule has 108 valence electrons. The number of para-hydroxylation sites is 2. The SMILES string of the molecule is COc1ccccc1NC(=O)/C=C/c1ccc(SC)cc1. The molecule has 2 aromatic carbocycles. The fraction of sp³-hybridized carbons (Fsp3) is 0.118. The van der Waals surface area contributed by atoms with Gasteiger partial charge in [0.15, 0.2) is 0 Å². The highest BCUT2D eigenvalue weighted by Gasteiger charge is 2.03. The molecular weight excluding hydrogens is 282 g/mol. The van der Waals surface area contributed by atoms with Crippen molar-refractivity contribution in [2.75, 3.05) is 18.7 Å². The lowest BCUT2D eigenvalue weighted by atomic mass is 10.2. The van der Waals surface area contributed by atoms with Gasteiger partial charge >= 0.3 is 0 Å². The Hall–Kier alpha value is -2.20. The number of amides is 1. The standard InChI is InChI=1S/C17H17NO2S/c1-20-16-6-4-3-5-15(16)18-17(19)12-9-13-7-10-14(21-2)11-8-13/h3-12H,1-2H3,(H,18,19)/b12-9+. The molecule has 3 nitrogen and oxygen atoms in total. The Bertz CT molecular complexity index is 635. The van der Waals surface area contributed by atoms with Gasteiger partial charge in [-0.3, -0.25) is 4.79 Å². The summed E-state index contributed by atoms with van der Waals surface area (Å²) >= 11 is 1.69. The average Bonchev–Trinajstić information content (AvgIpc) is 2.54.